The van der Waals surface area contributed by atoms with Gasteiger partial charge in [-0.25, -0.2) is 0 Å². The van der Waals surface area contributed by atoms with Gasteiger partial charge in [-0.05, 0) is 19.4 Å². The normalized spacial score (nSPS) is 18.6. The van der Waals surface area contributed by atoms with Crippen molar-refractivity contribution >= 4 is 5.91 Å². The molecule has 2 rings (SSSR count). The largest absolute Gasteiger partial charge is 0.469 e. The molecule has 1 aliphatic heterocycles. The summed E-state index contributed by atoms with van der Waals surface area (Å²) in [5, 5.41) is 9.64. The summed E-state index contributed by atoms with van der Waals surface area (Å²) >= 11 is 0. The third kappa shape index (κ3) is 3.36. The number of carbonyl (C=O) groups is 1. The van der Waals surface area contributed by atoms with Crippen LogP contribution in [-0.4, -0.2) is 59.6 Å². The Labute approximate surface area is 113 Å². The van der Waals surface area contributed by atoms with E-state index >= 15 is 0 Å². The summed E-state index contributed by atoms with van der Waals surface area (Å²) in [5.74, 6) is 0.718. The van der Waals surface area contributed by atoms with Crippen LogP contribution in [0, 0.1) is 6.92 Å². The molecule has 1 atom stereocenters. The number of hydrogen-bond acceptors (Lipinski definition) is 4. The minimum atomic E-state index is -0.265. The van der Waals surface area contributed by atoms with Crippen LogP contribution >= 0.6 is 0 Å². The molecule has 19 heavy (non-hydrogen) atoms. The summed E-state index contributed by atoms with van der Waals surface area (Å²) in [6.07, 6.45) is 2.06. The van der Waals surface area contributed by atoms with Gasteiger partial charge in [-0.1, -0.05) is 6.92 Å². The van der Waals surface area contributed by atoms with Crippen LogP contribution in [-0.2, 0) is 0 Å². The topological polar surface area (TPSA) is 56.9 Å². The maximum absolute atomic E-state index is 12.3. The molecule has 0 bridgehead atoms. The lowest BCUT2D eigenvalue weighted by Crippen LogP contribution is -2.50. The summed E-state index contributed by atoms with van der Waals surface area (Å²) in [4.78, 5) is 16.3. The van der Waals surface area contributed by atoms with Crippen LogP contribution in [0.4, 0.5) is 0 Å². The number of aliphatic hydroxyl groups excluding tert-OH is 1. The fraction of sp³-hybridized carbons (Fsp3) is 0.643. The van der Waals surface area contributed by atoms with Gasteiger partial charge in [0.15, 0.2) is 0 Å². The van der Waals surface area contributed by atoms with Crippen LogP contribution in [0.3, 0.4) is 0 Å². The number of nitrogens with zero attached hydrogens (tertiary/aromatic N) is 2. The zero-order chi connectivity index (χ0) is 13.8. The van der Waals surface area contributed by atoms with Gasteiger partial charge in [0, 0.05) is 32.7 Å². The Kier molecular flexibility index (Phi) is 4.61. The molecule has 0 saturated carbocycles. The second-order valence-corrected chi connectivity index (χ2v) is 5.05. The average molecular weight is 266 g/mol. The Balaban J connectivity index is 1.86. The van der Waals surface area contributed by atoms with Gasteiger partial charge in [-0.2, -0.15) is 0 Å². The third-order valence-electron chi connectivity index (χ3n) is 3.69. The quantitative estimate of drug-likeness (QED) is 0.887. The van der Waals surface area contributed by atoms with Crippen molar-refractivity contribution in [2.24, 2.45) is 0 Å². The monoisotopic (exact) mass is 266 g/mol. The van der Waals surface area contributed by atoms with Gasteiger partial charge in [0.2, 0.25) is 0 Å². The first-order valence-corrected chi connectivity index (χ1v) is 6.85. The summed E-state index contributed by atoms with van der Waals surface area (Å²) < 4.78 is 5.17. The Morgan fingerprint density at radius 2 is 2.11 bits per heavy atom. The molecule has 1 aliphatic rings. The summed E-state index contributed by atoms with van der Waals surface area (Å²) in [6, 6.07) is 1.73. The third-order valence-corrected chi connectivity index (χ3v) is 3.69. The lowest BCUT2D eigenvalue weighted by molar-refractivity contribution is 0.0522. The number of aliphatic hydroxyl groups is 1. The molecule has 1 aromatic heterocycles. The maximum Gasteiger partial charge on any atom is 0.257 e. The Hall–Kier alpha value is -1.33. The summed E-state index contributed by atoms with van der Waals surface area (Å²) in [7, 11) is 0. The van der Waals surface area contributed by atoms with Crippen molar-refractivity contribution < 1.29 is 14.3 Å². The Morgan fingerprint density at radius 1 is 1.42 bits per heavy atom. The zero-order valence-corrected chi connectivity index (χ0v) is 11.6. The molecule has 1 saturated heterocycles. The Morgan fingerprint density at radius 3 is 2.63 bits per heavy atom. The molecule has 1 fully saturated rings. The average Bonchev–Trinajstić information content (AvgIpc) is 2.85. The smallest absolute Gasteiger partial charge is 0.257 e. The SMILES string of the molecule is CCC(O)CN1CCN(C(=O)c2ccoc2C)CC1. The maximum atomic E-state index is 12.3. The molecule has 0 spiro atoms. The van der Waals surface area contributed by atoms with Crippen molar-refractivity contribution in [1.82, 2.24) is 9.80 Å². The van der Waals surface area contributed by atoms with Gasteiger partial charge in [-0.15, -0.1) is 0 Å². The van der Waals surface area contributed by atoms with E-state index < -0.39 is 0 Å². The van der Waals surface area contributed by atoms with E-state index in [4.69, 9.17) is 4.42 Å². The number of aryl methyl sites for hydroxylation is 1. The fourth-order valence-electron chi connectivity index (χ4n) is 2.34. The van der Waals surface area contributed by atoms with Crippen molar-refractivity contribution in [1.29, 1.82) is 0 Å². The van der Waals surface area contributed by atoms with Crippen molar-refractivity contribution in [2.75, 3.05) is 32.7 Å². The van der Waals surface area contributed by atoms with E-state index in [1.165, 1.54) is 0 Å². The zero-order valence-electron chi connectivity index (χ0n) is 11.6. The van der Waals surface area contributed by atoms with Gasteiger partial charge in [-0.3, -0.25) is 9.69 Å². The minimum Gasteiger partial charge on any atom is -0.469 e. The number of hydrogen-bond donors (Lipinski definition) is 1. The van der Waals surface area contributed by atoms with Crippen molar-refractivity contribution in [3.05, 3.63) is 23.7 Å². The van der Waals surface area contributed by atoms with Gasteiger partial charge in [0.25, 0.3) is 5.91 Å². The lowest BCUT2D eigenvalue weighted by Gasteiger charge is -2.35. The molecule has 5 nitrogen and oxygen atoms in total. The second kappa shape index (κ2) is 6.21. The van der Waals surface area contributed by atoms with E-state index in [2.05, 4.69) is 4.90 Å². The number of piperazine rings is 1. The number of rotatable bonds is 4. The van der Waals surface area contributed by atoms with Crippen molar-refractivity contribution in [2.45, 2.75) is 26.4 Å². The minimum absolute atomic E-state index is 0.0435. The van der Waals surface area contributed by atoms with Crippen LogP contribution in [0.25, 0.3) is 0 Å². The van der Waals surface area contributed by atoms with Gasteiger partial charge in [0.05, 0.1) is 17.9 Å². The highest BCUT2D eigenvalue weighted by atomic mass is 16.3. The highest BCUT2D eigenvalue weighted by Crippen LogP contribution is 2.14. The number of carbonyl (C=O) groups excluding carboxylic acids is 1. The van der Waals surface area contributed by atoms with Crippen LogP contribution in [0.2, 0.25) is 0 Å². The van der Waals surface area contributed by atoms with Crippen molar-refractivity contribution in [3.8, 4) is 0 Å². The van der Waals surface area contributed by atoms with E-state index in [0.29, 0.717) is 31.0 Å². The van der Waals surface area contributed by atoms with Gasteiger partial charge >= 0.3 is 0 Å². The first kappa shape index (κ1) is 14.1. The van der Waals surface area contributed by atoms with Crippen molar-refractivity contribution in [3.63, 3.8) is 0 Å². The van der Waals surface area contributed by atoms with Gasteiger partial charge in [0.1, 0.15) is 5.76 Å². The molecule has 0 aliphatic carbocycles. The highest BCUT2D eigenvalue weighted by molar-refractivity contribution is 5.95. The Bertz CT molecular complexity index is 422. The van der Waals surface area contributed by atoms with Crippen LogP contribution in [0.5, 0.6) is 0 Å². The first-order valence-electron chi connectivity index (χ1n) is 6.85. The molecule has 2 heterocycles. The number of β-amino-alcohol motifs (C(OH)–C–C–N with tert-alkyl or cyclic N) is 1. The molecule has 0 radical (unpaired) electrons. The van der Waals surface area contributed by atoms with E-state index in [1.54, 1.807) is 19.3 Å². The highest BCUT2D eigenvalue weighted by Gasteiger charge is 2.24. The van der Waals surface area contributed by atoms with E-state index in [9.17, 15) is 9.90 Å². The second-order valence-electron chi connectivity index (χ2n) is 5.05. The number of amides is 1. The predicted molar refractivity (Wildman–Crippen MR) is 72.1 cm³/mol. The molecule has 0 aromatic carbocycles. The van der Waals surface area contributed by atoms with Crippen LogP contribution in [0.15, 0.2) is 16.7 Å². The van der Waals surface area contributed by atoms with E-state index in [-0.39, 0.29) is 12.0 Å². The lowest BCUT2D eigenvalue weighted by atomic mass is 10.2. The molecule has 1 amide bonds. The van der Waals surface area contributed by atoms with Gasteiger partial charge < -0.3 is 14.4 Å². The fourth-order valence-corrected chi connectivity index (χ4v) is 2.34. The molecular weight excluding hydrogens is 244 g/mol. The number of furan rings is 1. The summed E-state index contributed by atoms with van der Waals surface area (Å²) in [6.45, 7) is 7.54. The van der Waals surface area contributed by atoms with Crippen LogP contribution < -0.4 is 0 Å². The van der Waals surface area contributed by atoms with E-state index in [0.717, 1.165) is 19.5 Å². The molecule has 1 N–H and O–H groups in total. The molecule has 1 unspecified atom stereocenters. The standard InChI is InChI=1S/C14H22N2O3/c1-3-12(17)10-15-5-7-16(8-6-15)14(18)13-4-9-19-11(13)2/h4,9,12,17H,3,5-8,10H2,1-2H3. The summed E-state index contributed by atoms with van der Waals surface area (Å²) in [5.41, 5.74) is 0.655. The van der Waals surface area contributed by atoms with Crippen LogP contribution in [0.1, 0.15) is 29.5 Å². The molecular formula is C14H22N2O3. The van der Waals surface area contributed by atoms with E-state index in [1.807, 2.05) is 11.8 Å². The molecule has 1 aromatic rings. The molecule has 5 heteroatoms. The first-order chi connectivity index (χ1) is 9.11. The predicted octanol–water partition coefficient (Wildman–Crippen LogP) is 1.12. The molecule has 106 valence electrons.